The normalized spacial score (nSPS) is 10.5. The van der Waals surface area contributed by atoms with Gasteiger partial charge in [-0.25, -0.2) is 0 Å². The monoisotopic (exact) mass is 357 g/mol. The number of hydrogen-bond acceptors (Lipinski definition) is 4. The second-order valence-corrected chi connectivity index (χ2v) is 6.42. The molecule has 0 aliphatic carbocycles. The van der Waals surface area contributed by atoms with Crippen LogP contribution in [0.25, 0.3) is 0 Å². The van der Waals surface area contributed by atoms with Crippen LogP contribution in [0.15, 0.2) is 42.5 Å². The molecule has 140 valence electrons. The number of ether oxygens (including phenoxy) is 3. The zero-order chi connectivity index (χ0) is 18.9. The molecule has 0 spiro atoms. The molecule has 0 heterocycles. The van der Waals surface area contributed by atoms with Crippen LogP contribution in [0.3, 0.4) is 0 Å². The molecule has 2 aromatic rings. The third kappa shape index (κ3) is 5.41. The predicted octanol–water partition coefficient (Wildman–Crippen LogP) is 4.06. The number of carbonyl (C=O) groups excluding carboxylic acids is 1. The van der Waals surface area contributed by atoms with E-state index < -0.39 is 0 Å². The van der Waals surface area contributed by atoms with E-state index in [0.29, 0.717) is 41.9 Å². The summed E-state index contributed by atoms with van der Waals surface area (Å²) in [6, 6.07) is 13.2. The Hall–Kier alpha value is -2.69. The fourth-order valence-corrected chi connectivity index (χ4v) is 2.46. The van der Waals surface area contributed by atoms with Gasteiger partial charge in [-0.15, -0.1) is 0 Å². The number of benzene rings is 2. The Morgan fingerprint density at radius 2 is 1.65 bits per heavy atom. The van der Waals surface area contributed by atoms with Crippen LogP contribution in [0.1, 0.15) is 36.2 Å². The molecule has 5 nitrogen and oxygen atoms in total. The van der Waals surface area contributed by atoms with Gasteiger partial charge in [0.1, 0.15) is 6.61 Å². The van der Waals surface area contributed by atoms with Gasteiger partial charge in [-0.05, 0) is 30.0 Å². The number of amides is 1. The molecule has 0 unspecified atom stereocenters. The van der Waals surface area contributed by atoms with Crippen LogP contribution < -0.4 is 19.5 Å². The SMILES string of the molecule is COc1cc(C(=O)NCCC(C)C)cc(OC)c1OCc1ccccc1. The summed E-state index contributed by atoms with van der Waals surface area (Å²) in [5.74, 6) is 1.80. The predicted molar refractivity (Wildman–Crippen MR) is 102 cm³/mol. The fraction of sp³-hybridized carbons (Fsp3) is 0.381. The average molecular weight is 357 g/mol. The van der Waals surface area contributed by atoms with Crippen molar-refractivity contribution in [2.75, 3.05) is 20.8 Å². The molecule has 5 heteroatoms. The zero-order valence-corrected chi connectivity index (χ0v) is 15.9. The van der Waals surface area contributed by atoms with Gasteiger partial charge in [-0.2, -0.15) is 0 Å². The molecule has 0 saturated heterocycles. The van der Waals surface area contributed by atoms with Crippen molar-refractivity contribution in [1.29, 1.82) is 0 Å². The Kier molecular flexibility index (Phi) is 7.33. The van der Waals surface area contributed by atoms with E-state index in [1.807, 2.05) is 30.3 Å². The van der Waals surface area contributed by atoms with Crippen molar-refractivity contribution >= 4 is 5.91 Å². The minimum absolute atomic E-state index is 0.156. The van der Waals surface area contributed by atoms with Gasteiger partial charge in [0.15, 0.2) is 11.5 Å². The lowest BCUT2D eigenvalue weighted by atomic mass is 10.1. The molecule has 0 atom stereocenters. The molecular weight excluding hydrogens is 330 g/mol. The van der Waals surface area contributed by atoms with E-state index in [0.717, 1.165) is 12.0 Å². The highest BCUT2D eigenvalue weighted by Gasteiger charge is 2.18. The maximum Gasteiger partial charge on any atom is 0.251 e. The van der Waals surface area contributed by atoms with Crippen LogP contribution in [0.2, 0.25) is 0 Å². The highest BCUT2D eigenvalue weighted by Crippen LogP contribution is 2.39. The van der Waals surface area contributed by atoms with Crippen molar-refractivity contribution in [3.05, 3.63) is 53.6 Å². The van der Waals surface area contributed by atoms with Crippen molar-refractivity contribution < 1.29 is 19.0 Å². The van der Waals surface area contributed by atoms with Crippen LogP contribution in [0.5, 0.6) is 17.2 Å². The van der Waals surface area contributed by atoms with E-state index >= 15 is 0 Å². The standard InChI is InChI=1S/C21H27NO4/c1-15(2)10-11-22-21(23)17-12-18(24-3)20(19(13-17)25-4)26-14-16-8-6-5-7-9-16/h5-9,12-13,15H,10-11,14H2,1-4H3,(H,22,23). The van der Waals surface area contributed by atoms with Crippen LogP contribution in [0, 0.1) is 5.92 Å². The first kappa shape index (κ1) is 19.6. The molecule has 0 radical (unpaired) electrons. The Labute approximate surface area is 155 Å². The van der Waals surface area contributed by atoms with Crippen LogP contribution in [-0.4, -0.2) is 26.7 Å². The number of nitrogens with one attached hydrogen (secondary N) is 1. The van der Waals surface area contributed by atoms with E-state index in [2.05, 4.69) is 19.2 Å². The summed E-state index contributed by atoms with van der Waals surface area (Å²) in [6.45, 7) is 5.26. The van der Waals surface area contributed by atoms with Gasteiger partial charge in [0.2, 0.25) is 5.75 Å². The molecule has 2 aromatic carbocycles. The van der Waals surface area contributed by atoms with Crippen molar-refractivity contribution in [2.45, 2.75) is 26.9 Å². The fourth-order valence-electron chi connectivity index (χ4n) is 2.46. The summed E-state index contributed by atoms with van der Waals surface area (Å²) < 4.78 is 16.8. The molecule has 2 rings (SSSR count). The lowest BCUT2D eigenvalue weighted by molar-refractivity contribution is 0.0951. The van der Waals surface area contributed by atoms with E-state index in [1.54, 1.807) is 26.4 Å². The van der Waals surface area contributed by atoms with Gasteiger partial charge in [0.05, 0.1) is 14.2 Å². The summed E-state index contributed by atoms with van der Waals surface area (Å²) in [6.07, 6.45) is 0.929. The van der Waals surface area contributed by atoms with Gasteiger partial charge in [0, 0.05) is 12.1 Å². The first-order valence-corrected chi connectivity index (χ1v) is 8.76. The summed E-state index contributed by atoms with van der Waals surface area (Å²) in [5, 5.41) is 2.92. The van der Waals surface area contributed by atoms with Gasteiger partial charge < -0.3 is 19.5 Å². The van der Waals surface area contributed by atoms with E-state index in [-0.39, 0.29) is 5.91 Å². The Bertz CT molecular complexity index is 688. The van der Waals surface area contributed by atoms with Crippen LogP contribution >= 0.6 is 0 Å². The second kappa shape index (κ2) is 9.70. The molecule has 0 fully saturated rings. The van der Waals surface area contributed by atoms with Gasteiger partial charge >= 0.3 is 0 Å². The molecule has 0 aromatic heterocycles. The van der Waals surface area contributed by atoms with Gasteiger partial charge in [-0.1, -0.05) is 44.2 Å². The Balaban J connectivity index is 2.17. The highest BCUT2D eigenvalue weighted by molar-refractivity contribution is 5.95. The van der Waals surface area contributed by atoms with Crippen molar-refractivity contribution in [1.82, 2.24) is 5.32 Å². The summed E-state index contributed by atoms with van der Waals surface area (Å²) >= 11 is 0. The third-order valence-electron chi connectivity index (χ3n) is 3.96. The first-order chi connectivity index (χ1) is 12.5. The summed E-state index contributed by atoms with van der Waals surface area (Å²) in [4.78, 5) is 12.4. The zero-order valence-electron chi connectivity index (χ0n) is 15.9. The van der Waals surface area contributed by atoms with Gasteiger partial charge in [-0.3, -0.25) is 4.79 Å². The highest BCUT2D eigenvalue weighted by atomic mass is 16.5. The molecule has 1 N–H and O–H groups in total. The minimum atomic E-state index is -0.156. The maximum atomic E-state index is 12.4. The quantitative estimate of drug-likeness (QED) is 0.735. The van der Waals surface area contributed by atoms with E-state index in [1.165, 1.54) is 0 Å². The summed E-state index contributed by atoms with van der Waals surface area (Å²) in [7, 11) is 3.09. The second-order valence-electron chi connectivity index (χ2n) is 6.42. The van der Waals surface area contributed by atoms with Gasteiger partial charge in [0.25, 0.3) is 5.91 Å². The van der Waals surface area contributed by atoms with Crippen molar-refractivity contribution in [3.63, 3.8) is 0 Å². The molecule has 0 saturated carbocycles. The molecule has 1 amide bonds. The number of carbonyl (C=O) groups is 1. The largest absolute Gasteiger partial charge is 0.493 e. The minimum Gasteiger partial charge on any atom is -0.493 e. The third-order valence-corrected chi connectivity index (χ3v) is 3.96. The number of hydrogen-bond donors (Lipinski definition) is 1. The smallest absolute Gasteiger partial charge is 0.251 e. The molecule has 0 aliphatic rings. The first-order valence-electron chi connectivity index (χ1n) is 8.76. The molecule has 0 bridgehead atoms. The van der Waals surface area contributed by atoms with Crippen molar-refractivity contribution in [2.24, 2.45) is 5.92 Å². The topological polar surface area (TPSA) is 56.8 Å². The van der Waals surface area contributed by atoms with E-state index in [4.69, 9.17) is 14.2 Å². The molecular formula is C21H27NO4. The number of rotatable bonds is 9. The lowest BCUT2D eigenvalue weighted by Gasteiger charge is -2.16. The van der Waals surface area contributed by atoms with Crippen molar-refractivity contribution in [3.8, 4) is 17.2 Å². The summed E-state index contributed by atoms with van der Waals surface area (Å²) in [5.41, 5.74) is 1.52. The molecule has 0 aliphatic heterocycles. The Morgan fingerprint density at radius 3 is 2.19 bits per heavy atom. The number of methoxy groups -OCH3 is 2. The lowest BCUT2D eigenvalue weighted by Crippen LogP contribution is -2.25. The Morgan fingerprint density at radius 1 is 1.04 bits per heavy atom. The van der Waals surface area contributed by atoms with Crippen LogP contribution in [-0.2, 0) is 6.61 Å². The average Bonchev–Trinajstić information content (AvgIpc) is 2.66. The van der Waals surface area contributed by atoms with Crippen LogP contribution in [0.4, 0.5) is 0 Å². The molecule has 26 heavy (non-hydrogen) atoms. The maximum absolute atomic E-state index is 12.4. The van der Waals surface area contributed by atoms with E-state index in [9.17, 15) is 4.79 Å².